The van der Waals surface area contributed by atoms with Crippen LogP contribution >= 0.6 is 0 Å². The second-order valence-electron chi connectivity index (χ2n) is 14.1. The zero-order valence-electron chi connectivity index (χ0n) is 29.9. The monoisotopic (exact) mass is 710 g/mol. The molecule has 0 saturated carbocycles. The number of aromatic nitrogens is 2. The first kappa shape index (κ1) is 37.3. The van der Waals surface area contributed by atoms with Gasteiger partial charge >= 0.3 is 6.18 Å². The number of aryl methyl sites for hydroxylation is 1. The summed E-state index contributed by atoms with van der Waals surface area (Å²) in [5.74, 6) is 0.0938. The number of nitrogens with zero attached hydrogens (tertiary/aromatic N) is 4. The Kier molecular flexibility index (Phi) is 11.9. The van der Waals surface area contributed by atoms with Gasteiger partial charge in [-0.2, -0.15) is 13.2 Å². The van der Waals surface area contributed by atoms with E-state index in [1.54, 1.807) is 25.4 Å². The molecular weight excluding hydrogens is 662 g/mol. The van der Waals surface area contributed by atoms with Crippen LogP contribution in [0.25, 0.3) is 11.0 Å². The van der Waals surface area contributed by atoms with Gasteiger partial charge in [0.05, 0.1) is 18.1 Å². The lowest BCUT2D eigenvalue weighted by Crippen LogP contribution is -2.45. The summed E-state index contributed by atoms with van der Waals surface area (Å²) in [6.45, 7) is 16.7. The van der Waals surface area contributed by atoms with Crippen molar-refractivity contribution in [3.05, 3.63) is 82.7 Å². The van der Waals surface area contributed by atoms with E-state index in [4.69, 9.17) is 14.5 Å². The summed E-state index contributed by atoms with van der Waals surface area (Å²) in [5, 5.41) is 7.07. The fourth-order valence-electron chi connectivity index (χ4n) is 6.08. The molecule has 0 spiro atoms. The van der Waals surface area contributed by atoms with E-state index in [0.717, 1.165) is 59.6 Å². The van der Waals surface area contributed by atoms with Crippen LogP contribution in [0.2, 0.25) is 25.7 Å². The molecule has 2 aromatic carbocycles. The number of anilines is 2. The summed E-state index contributed by atoms with van der Waals surface area (Å²) in [6.07, 6.45) is -0.858. The molecule has 0 bridgehead atoms. The van der Waals surface area contributed by atoms with Gasteiger partial charge in [-0.05, 0) is 61.0 Å². The molecule has 9 nitrogen and oxygen atoms in total. The quantitative estimate of drug-likeness (QED) is 0.103. The molecule has 2 N–H and O–H groups in total. The number of fused-ring (bicyclic) bond motifs is 1. The molecule has 4 aromatic rings. The van der Waals surface area contributed by atoms with Gasteiger partial charge in [0.25, 0.3) is 5.91 Å². The summed E-state index contributed by atoms with van der Waals surface area (Å²) in [7, 11) is 0.450. The number of carbonyl (C=O) groups excluding carboxylic acids is 1. The molecule has 1 fully saturated rings. The van der Waals surface area contributed by atoms with Crippen LogP contribution in [0.1, 0.15) is 39.5 Å². The minimum Gasteiger partial charge on any atom is -0.496 e. The number of carbonyl (C=O) groups is 1. The lowest BCUT2D eigenvalue weighted by Gasteiger charge is -2.34. The minimum absolute atomic E-state index is 0.0514. The summed E-state index contributed by atoms with van der Waals surface area (Å²) in [6, 6.07) is 12.3. The number of nitrogens with one attached hydrogen (secondary N) is 2. The molecule has 0 unspecified atom stereocenters. The van der Waals surface area contributed by atoms with Gasteiger partial charge in [-0.3, -0.25) is 9.69 Å². The molecule has 13 heteroatoms. The van der Waals surface area contributed by atoms with Gasteiger partial charge in [-0.15, -0.1) is 0 Å². The van der Waals surface area contributed by atoms with Crippen LogP contribution in [0.4, 0.5) is 24.5 Å². The molecule has 0 aliphatic carbocycles. The van der Waals surface area contributed by atoms with Crippen molar-refractivity contribution in [3.8, 4) is 5.75 Å². The van der Waals surface area contributed by atoms with E-state index < -0.39 is 25.7 Å². The number of amides is 1. The van der Waals surface area contributed by atoms with E-state index in [1.807, 2.05) is 34.7 Å². The van der Waals surface area contributed by atoms with Crippen LogP contribution in [0.3, 0.4) is 0 Å². The van der Waals surface area contributed by atoms with Gasteiger partial charge in [-0.1, -0.05) is 38.7 Å². The SMILES string of the molecule is CCN1CCN(Cc2ccc(C(=O)Nc3ccc(C)c(NCc4cnc5c(ccn5COCC[Si](C)(C)C)c4OC)c3)cc2C(F)(F)F)CC1. The van der Waals surface area contributed by atoms with Crippen molar-refractivity contribution in [1.29, 1.82) is 0 Å². The van der Waals surface area contributed by atoms with Crippen LogP contribution < -0.4 is 15.4 Å². The first-order valence-corrected chi connectivity index (χ1v) is 20.9. The topological polar surface area (TPSA) is 83.9 Å². The van der Waals surface area contributed by atoms with E-state index in [9.17, 15) is 18.0 Å². The van der Waals surface area contributed by atoms with Crippen molar-refractivity contribution in [2.45, 2.75) is 65.5 Å². The summed E-state index contributed by atoms with van der Waals surface area (Å²) < 4.78 is 56.2. The first-order valence-electron chi connectivity index (χ1n) is 17.1. The molecular formula is C37H49F3N6O3Si. The highest BCUT2D eigenvalue weighted by atomic mass is 28.3. The third kappa shape index (κ3) is 9.45. The predicted octanol–water partition coefficient (Wildman–Crippen LogP) is 7.69. The molecule has 3 heterocycles. The van der Waals surface area contributed by atoms with E-state index in [1.165, 1.54) is 12.1 Å². The maximum absolute atomic E-state index is 14.2. The summed E-state index contributed by atoms with van der Waals surface area (Å²) in [5.41, 5.74) is 3.11. The number of likely N-dealkylation sites (N-methyl/N-ethyl adjacent to an activating group) is 1. The third-order valence-electron chi connectivity index (χ3n) is 9.19. The Labute approximate surface area is 293 Å². The normalized spacial score (nSPS) is 14.7. The third-order valence-corrected chi connectivity index (χ3v) is 10.9. The van der Waals surface area contributed by atoms with E-state index in [-0.39, 0.29) is 17.7 Å². The zero-order chi connectivity index (χ0) is 36.1. The van der Waals surface area contributed by atoms with Gasteiger partial charge in [0, 0.05) is 88.8 Å². The van der Waals surface area contributed by atoms with Gasteiger partial charge in [0.2, 0.25) is 0 Å². The number of hydrogen-bond acceptors (Lipinski definition) is 7. The minimum atomic E-state index is -4.58. The number of alkyl halides is 3. The molecule has 1 aliphatic rings. The molecule has 0 atom stereocenters. The second-order valence-corrected chi connectivity index (χ2v) is 19.7. The molecule has 1 amide bonds. The van der Waals surface area contributed by atoms with Gasteiger partial charge in [-0.25, -0.2) is 4.98 Å². The number of pyridine rings is 1. The molecule has 50 heavy (non-hydrogen) atoms. The van der Waals surface area contributed by atoms with Gasteiger partial charge in [0.15, 0.2) is 0 Å². The zero-order valence-corrected chi connectivity index (χ0v) is 30.9. The Morgan fingerprint density at radius 3 is 2.42 bits per heavy atom. The Hall–Kier alpha value is -3.91. The van der Waals surface area contributed by atoms with Crippen LogP contribution in [0.15, 0.2) is 54.9 Å². The highest BCUT2D eigenvalue weighted by Crippen LogP contribution is 2.34. The van der Waals surface area contributed by atoms with E-state index >= 15 is 0 Å². The highest BCUT2D eigenvalue weighted by molar-refractivity contribution is 6.76. The highest BCUT2D eigenvalue weighted by Gasteiger charge is 2.35. The molecule has 2 aromatic heterocycles. The number of benzene rings is 2. The Bertz CT molecular complexity index is 1780. The lowest BCUT2D eigenvalue weighted by molar-refractivity contribution is -0.138. The van der Waals surface area contributed by atoms with Crippen LogP contribution in [0, 0.1) is 6.92 Å². The Morgan fingerprint density at radius 2 is 1.74 bits per heavy atom. The maximum Gasteiger partial charge on any atom is 0.416 e. The summed E-state index contributed by atoms with van der Waals surface area (Å²) >= 11 is 0. The average molecular weight is 711 g/mol. The van der Waals surface area contributed by atoms with Crippen molar-refractivity contribution >= 4 is 36.4 Å². The molecule has 0 radical (unpaired) electrons. The standard InChI is InChI=1S/C37H49F3N6O3Si/c1-7-44-14-16-45(17-15-44)24-28-10-9-27(20-32(28)37(38,39)40)36(47)43-30-11-8-26(2)33(21-30)41-22-29-23-42-35-31(34(29)48-3)12-13-46(35)25-49-18-19-50(4,5)6/h8-13,20-21,23,41H,7,14-19,22,24-25H2,1-6H3,(H,43,47). The van der Waals surface area contributed by atoms with Crippen LogP contribution in [-0.4, -0.2) is 79.8 Å². The van der Waals surface area contributed by atoms with Crippen molar-refractivity contribution in [3.63, 3.8) is 0 Å². The van der Waals surface area contributed by atoms with Crippen molar-refractivity contribution in [2.75, 3.05) is 57.1 Å². The predicted molar refractivity (Wildman–Crippen MR) is 196 cm³/mol. The molecule has 1 saturated heterocycles. The van der Waals surface area contributed by atoms with Crippen LogP contribution in [0.5, 0.6) is 5.75 Å². The smallest absolute Gasteiger partial charge is 0.416 e. The maximum atomic E-state index is 14.2. The van der Waals surface area contributed by atoms with Crippen molar-refractivity contribution in [2.24, 2.45) is 0 Å². The lowest BCUT2D eigenvalue weighted by atomic mass is 10.0. The Balaban J connectivity index is 1.25. The summed E-state index contributed by atoms with van der Waals surface area (Å²) in [4.78, 5) is 22.2. The fourth-order valence-corrected chi connectivity index (χ4v) is 6.83. The Morgan fingerprint density at radius 1 is 1.00 bits per heavy atom. The van der Waals surface area contributed by atoms with Gasteiger partial charge < -0.3 is 29.6 Å². The average Bonchev–Trinajstić information content (AvgIpc) is 3.49. The van der Waals surface area contributed by atoms with Crippen molar-refractivity contribution < 1.29 is 27.4 Å². The number of halogens is 3. The number of hydrogen-bond donors (Lipinski definition) is 2. The largest absolute Gasteiger partial charge is 0.496 e. The van der Waals surface area contributed by atoms with Crippen LogP contribution in [-0.2, 0) is 30.7 Å². The first-order chi connectivity index (χ1) is 23.8. The second kappa shape index (κ2) is 16.0. The van der Waals surface area contributed by atoms with E-state index in [2.05, 4.69) is 42.1 Å². The molecule has 1 aliphatic heterocycles. The molecule has 270 valence electrons. The van der Waals surface area contributed by atoms with Gasteiger partial charge in [0.1, 0.15) is 18.1 Å². The number of piperazine rings is 1. The number of ether oxygens (including phenoxy) is 2. The molecule has 5 rings (SSSR count). The van der Waals surface area contributed by atoms with Crippen molar-refractivity contribution in [1.82, 2.24) is 19.4 Å². The fraction of sp³-hybridized carbons (Fsp3) is 0.459. The number of methoxy groups -OCH3 is 1. The number of rotatable bonds is 14. The van der Waals surface area contributed by atoms with E-state index in [0.29, 0.717) is 44.4 Å².